The van der Waals surface area contributed by atoms with Crippen LogP contribution >= 0.6 is 0 Å². The van der Waals surface area contributed by atoms with Crippen molar-refractivity contribution in [1.29, 1.82) is 0 Å². The summed E-state index contributed by atoms with van der Waals surface area (Å²) >= 11 is 0. The zero-order valence-electron chi connectivity index (χ0n) is 43.7. The van der Waals surface area contributed by atoms with Gasteiger partial charge in [-0.2, -0.15) is 0 Å². The maximum absolute atomic E-state index is 14.5. The van der Waals surface area contributed by atoms with Gasteiger partial charge in [0.25, 0.3) is 0 Å². The van der Waals surface area contributed by atoms with Crippen LogP contribution in [0.25, 0.3) is 10.9 Å². The number of unbranched alkanes of at least 4 members (excludes halogenated alkanes) is 1. The zero-order chi connectivity index (χ0) is 58.0. The summed E-state index contributed by atoms with van der Waals surface area (Å²) in [5.41, 5.74) is 41.8. The molecule has 1 aromatic heterocycles. The van der Waals surface area contributed by atoms with E-state index in [1.54, 1.807) is 12.3 Å². The number of H-pyrrole nitrogens is 1. The molecule has 0 radical (unpaired) electrons. The van der Waals surface area contributed by atoms with Crippen LogP contribution in [0.1, 0.15) is 74.5 Å². The largest absolute Gasteiger partial charge is 0.508 e. The van der Waals surface area contributed by atoms with Gasteiger partial charge < -0.3 is 92.3 Å². The number of guanidine groups is 2. The van der Waals surface area contributed by atoms with Crippen LogP contribution in [0.15, 0.2) is 89.0 Å². The molecule has 0 spiro atoms. The Morgan fingerprint density at radius 3 is 1.42 bits per heavy atom. The quantitative estimate of drug-likeness (QED) is 0.0130. The van der Waals surface area contributed by atoms with E-state index >= 15 is 0 Å². The number of carbonyl (C=O) groups excluding carboxylic acids is 7. The first kappa shape index (κ1) is 62.6. The molecule has 0 aliphatic heterocycles. The Labute approximate surface area is 455 Å². The van der Waals surface area contributed by atoms with Crippen LogP contribution in [-0.4, -0.2) is 141 Å². The number of para-hydroxylation sites is 1. The predicted molar refractivity (Wildman–Crippen MR) is 294 cm³/mol. The Bertz CT molecular complexity index is 2750. The van der Waals surface area contributed by atoms with Gasteiger partial charge >= 0.3 is 5.97 Å². The topological polar surface area (TPSA) is 492 Å². The van der Waals surface area contributed by atoms with E-state index in [0.717, 1.165) is 10.9 Å². The molecule has 0 aliphatic rings. The molecule has 0 saturated carbocycles. The highest BCUT2D eigenvalue weighted by Crippen LogP contribution is 2.20. The summed E-state index contributed by atoms with van der Waals surface area (Å²) in [6.07, 6.45) is 1.68. The average molecular weight is 1100 g/mol. The maximum atomic E-state index is 14.5. The molecule has 24 N–H and O–H groups in total. The molecule has 4 aromatic rings. The zero-order valence-corrected chi connectivity index (χ0v) is 43.7. The number of nitrogens with zero attached hydrogens (tertiary/aromatic N) is 2. The van der Waals surface area contributed by atoms with Crippen molar-refractivity contribution in [2.24, 2.45) is 50.1 Å². The van der Waals surface area contributed by atoms with Gasteiger partial charge in [-0.05, 0) is 98.5 Å². The highest BCUT2D eigenvalue weighted by Gasteiger charge is 2.34. The SMILES string of the molecule is NCCCC[C@H](N)C(=O)N[C@@H](Cc1c[nH]c2ccccc12)C(=O)N[C@@H](CCCN=C(N)N)C(=O)N[C@@H](CCC(N)=O)C(=O)N[C@@H](Cc1ccc(O)cc1)C(=O)N[C@@H](CCCN=C(N)N)C(=O)N[C@@H](Cc1ccc(O)cc1)C(=O)O. The Kier molecular flexibility index (Phi) is 25.3. The number of aromatic amines is 1. The molecule has 0 saturated heterocycles. The number of amides is 7. The minimum atomic E-state index is -1.62. The number of carboxylic acid groups (broad SMARTS) is 1. The molecule has 0 fully saturated rings. The van der Waals surface area contributed by atoms with Crippen LogP contribution in [0.2, 0.25) is 0 Å². The Morgan fingerprint density at radius 1 is 0.506 bits per heavy atom. The van der Waals surface area contributed by atoms with Crippen molar-refractivity contribution >= 4 is 70.1 Å². The normalized spacial score (nSPS) is 13.6. The summed E-state index contributed by atoms with van der Waals surface area (Å²) in [7, 11) is 0. The van der Waals surface area contributed by atoms with E-state index in [-0.39, 0.29) is 87.9 Å². The Balaban J connectivity index is 1.66. The fraction of sp³-hybridized carbons (Fsp3) is 0.423. The van der Waals surface area contributed by atoms with Gasteiger partial charge in [-0.25, -0.2) is 4.79 Å². The summed E-state index contributed by atoms with van der Waals surface area (Å²) in [5.74, 6) is -8.19. The molecule has 27 heteroatoms. The van der Waals surface area contributed by atoms with Crippen LogP contribution in [0, 0.1) is 0 Å². The number of hydrogen-bond acceptors (Lipinski definition) is 14. The molecular formula is C52H74N16O11. The molecule has 0 unspecified atom stereocenters. The smallest absolute Gasteiger partial charge is 0.326 e. The lowest BCUT2D eigenvalue weighted by molar-refractivity contribution is -0.142. The number of fused-ring (bicyclic) bond motifs is 1. The van der Waals surface area contributed by atoms with E-state index in [1.807, 2.05) is 18.2 Å². The monoisotopic (exact) mass is 1100 g/mol. The number of aliphatic carboxylic acids is 1. The van der Waals surface area contributed by atoms with Crippen molar-refractivity contribution < 1.29 is 53.7 Å². The number of carboxylic acids is 1. The number of aromatic nitrogens is 1. The molecule has 0 aliphatic carbocycles. The van der Waals surface area contributed by atoms with Crippen molar-refractivity contribution in [3.8, 4) is 11.5 Å². The highest BCUT2D eigenvalue weighted by atomic mass is 16.4. The van der Waals surface area contributed by atoms with Gasteiger partial charge in [0.15, 0.2) is 11.9 Å². The summed E-state index contributed by atoms with van der Waals surface area (Å²) in [6.45, 7) is 0.407. The fourth-order valence-corrected chi connectivity index (χ4v) is 8.25. The summed E-state index contributed by atoms with van der Waals surface area (Å²) in [5, 5.41) is 46.3. The van der Waals surface area contributed by atoms with E-state index in [9.17, 15) is 53.7 Å². The second kappa shape index (κ2) is 31.9. The number of nitrogens with one attached hydrogen (secondary N) is 7. The van der Waals surface area contributed by atoms with Gasteiger partial charge in [-0.15, -0.1) is 0 Å². The van der Waals surface area contributed by atoms with Gasteiger partial charge in [-0.1, -0.05) is 48.9 Å². The molecule has 3 aromatic carbocycles. The first-order chi connectivity index (χ1) is 37.6. The number of benzene rings is 3. The molecule has 4 rings (SSSR count). The molecule has 7 atom stereocenters. The predicted octanol–water partition coefficient (Wildman–Crippen LogP) is -2.57. The van der Waals surface area contributed by atoms with Gasteiger partial charge in [0.2, 0.25) is 41.4 Å². The standard InChI is InChI=1S/C52H74N16O11/c53-22-4-3-8-35(54)44(72)66-41(27-31-28-62-36-9-2-1-7-34(31)36)49(77)64-37(10-5-23-60-51(56)57)45(73)65-39(20-21-43(55)71)47(75)67-40(25-29-12-16-32(69)17-13-29)48(76)63-38(11-6-24-61-52(58)59)46(74)68-42(50(78)79)26-30-14-18-33(70)19-15-30/h1-2,7,9,12-19,28,35,37-42,62,69-70H,3-6,8,10-11,20-27,53-54H2,(H2,55,71)(H,63,76)(H,64,77)(H,65,73)(H,66,72)(H,67,75)(H,68,74)(H,78,79)(H4,56,57,60)(H4,58,59,61)/t35-,37-,38-,39-,40-,41-,42-/m0/s1. The van der Waals surface area contributed by atoms with Crippen LogP contribution in [0.5, 0.6) is 11.5 Å². The van der Waals surface area contributed by atoms with E-state index in [0.29, 0.717) is 36.1 Å². The van der Waals surface area contributed by atoms with Crippen molar-refractivity contribution in [2.75, 3.05) is 19.6 Å². The molecule has 27 nitrogen and oxygen atoms in total. The Morgan fingerprint density at radius 2 is 0.937 bits per heavy atom. The molecule has 7 amide bonds. The van der Waals surface area contributed by atoms with Gasteiger partial charge in [-0.3, -0.25) is 43.5 Å². The van der Waals surface area contributed by atoms with E-state index < -0.39 is 102 Å². The van der Waals surface area contributed by atoms with Gasteiger partial charge in [0.05, 0.1) is 6.04 Å². The third kappa shape index (κ3) is 21.9. The fourth-order valence-electron chi connectivity index (χ4n) is 8.25. The van der Waals surface area contributed by atoms with Crippen LogP contribution in [0.3, 0.4) is 0 Å². The molecule has 428 valence electrons. The van der Waals surface area contributed by atoms with Crippen molar-refractivity contribution in [3.05, 3.63) is 95.7 Å². The Hall–Kier alpha value is -8.98. The lowest BCUT2D eigenvalue weighted by Crippen LogP contribution is -2.60. The second-order valence-electron chi connectivity index (χ2n) is 18.8. The first-order valence-electron chi connectivity index (χ1n) is 25.6. The molecule has 79 heavy (non-hydrogen) atoms. The number of primary amides is 1. The minimum Gasteiger partial charge on any atom is -0.508 e. The van der Waals surface area contributed by atoms with Crippen molar-refractivity contribution in [3.63, 3.8) is 0 Å². The lowest BCUT2D eigenvalue weighted by Gasteiger charge is -2.28. The highest BCUT2D eigenvalue weighted by molar-refractivity contribution is 5.98. The average Bonchev–Trinajstić information content (AvgIpc) is 3.84. The summed E-state index contributed by atoms with van der Waals surface area (Å²) in [4.78, 5) is 121. The number of aromatic hydroxyl groups is 2. The van der Waals surface area contributed by atoms with Crippen molar-refractivity contribution in [2.45, 2.75) is 119 Å². The number of phenolic OH excluding ortho intramolecular Hbond substituents is 2. The first-order valence-corrected chi connectivity index (χ1v) is 25.6. The molecular weight excluding hydrogens is 1020 g/mol. The second-order valence-corrected chi connectivity index (χ2v) is 18.8. The molecule has 0 bridgehead atoms. The third-order valence-electron chi connectivity index (χ3n) is 12.5. The maximum Gasteiger partial charge on any atom is 0.326 e. The summed E-state index contributed by atoms with van der Waals surface area (Å²) < 4.78 is 0. The minimum absolute atomic E-state index is 0.00563. The number of nitrogens with two attached hydrogens (primary N) is 7. The summed E-state index contributed by atoms with van der Waals surface area (Å²) in [6, 6.07) is 8.67. The van der Waals surface area contributed by atoms with Crippen molar-refractivity contribution in [1.82, 2.24) is 36.9 Å². The third-order valence-corrected chi connectivity index (χ3v) is 12.5. The number of aliphatic imine (C=N–C) groups is 2. The van der Waals surface area contributed by atoms with E-state index in [1.165, 1.54) is 48.5 Å². The lowest BCUT2D eigenvalue weighted by atomic mass is 10.0. The van der Waals surface area contributed by atoms with Crippen LogP contribution in [-0.2, 0) is 57.6 Å². The van der Waals surface area contributed by atoms with Gasteiger partial charge in [0, 0.05) is 55.9 Å². The number of carbonyl (C=O) groups is 8. The van der Waals surface area contributed by atoms with Crippen LogP contribution in [0.4, 0.5) is 0 Å². The number of hydrogen-bond donors (Lipinski definition) is 17. The van der Waals surface area contributed by atoms with E-state index in [2.05, 4.69) is 46.9 Å². The molecule has 1 heterocycles. The number of phenols is 2. The van der Waals surface area contributed by atoms with E-state index in [4.69, 9.17) is 40.1 Å². The number of rotatable bonds is 34. The van der Waals surface area contributed by atoms with Gasteiger partial charge in [0.1, 0.15) is 47.8 Å². The van der Waals surface area contributed by atoms with Crippen LogP contribution < -0.4 is 72.0 Å².